The molecule has 0 saturated heterocycles. The summed E-state index contributed by atoms with van der Waals surface area (Å²) in [5.74, 6) is -0.238. The molecule has 8 nitrogen and oxygen atoms in total. The number of hydrogen-bond acceptors (Lipinski definition) is 6. The Morgan fingerprint density at radius 2 is 1.77 bits per heavy atom. The van der Waals surface area contributed by atoms with Gasteiger partial charge in [-0.25, -0.2) is 4.98 Å². The Kier molecular flexibility index (Phi) is 6.00. The third kappa shape index (κ3) is 4.77. The Hall–Kier alpha value is -4.85. The first-order valence-electron chi connectivity index (χ1n) is 11.1. The van der Waals surface area contributed by atoms with Crippen molar-refractivity contribution >= 4 is 34.5 Å². The van der Waals surface area contributed by atoms with Crippen LogP contribution in [0.4, 0.5) is 22.9 Å². The van der Waals surface area contributed by atoms with Crippen molar-refractivity contribution in [1.82, 2.24) is 4.98 Å². The van der Waals surface area contributed by atoms with E-state index in [0.717, 1.165) is 16.9 Å². The molecule has 0 radical (unpaired) electrons. The Morgan fingerprint density at radius 3 is 2.49 bits per heavy atom. The molecule has 3 aromatic carbocycles. The van der Waals surface area contributed by atoms with E-state index in [1.807, 2.05) is 72.8 Å². The summed E-state index contributed by atoms with van der Waals surface area (Å²) in [6.07, 6.45) is 1.73. The maximum atomic E-state index is 13.0. The molecule has 1 aliphatic rings. The van der Waals surface area contributed by atoms with Crippen LogP contribution in [0.25, 0.3) is 0 Å². The standard InChI is InChI=1S/C27H21N5O3/c33-27-25(22-16-21(32(34)35)13-14-23(22)31-27)26(19-6-2-1-3-7-19)30-20-11-9-18(10-12-20)17-29-24-8-4-5-15-28-24/h1-16,25H,17H2,(H,28,29)(H,31,33). The van der Waals surface area contributed by atoms with E-state index in [4.69, 9.17) is 4.99 Å². The molecule has 172 valence electrons. The molecule has 0 aliphatic carbocycles. The van der Waals surface area contributed by atoms with Gasteiger partial charge >= 0.3 is 0 Å². The minimum Gasteiger partial charge on any atom is -0.366 e. The first kappa shape index (κ1) is 22.0. The number of rotatable bonds is 7. The minimum absolute atomic E-state index is 0.0672. The number of nitrogens with zero attached hydrogens (tertiary/aromatic N) is 3. The van der Waals surface area contributed by atoms with Crippen LogP contribution >= 0.6 is 0 Å². The normalized spacial score (nSPS) is 14.8. The van der Waals surface area contributed by atoms with Crippen molar-refractivity contribution in [3.63, 3.8) is 0 Å². The number of pyridine rings is 1. The molecule has 0 bridgehead atoms. The number of nitro groups is 1. The van der Waals surface area contributed by atoms with Gasteiger partial charge < -0.3 is 10.6 Å². The Labute approximate surface area is 201 Å². The highest BCUT2D eigenvalue weighted by atomic mass is 16.6. The van der Waals surface area contributed by atoms with Crippen molar-refractivity contribution in [3.05, 3.63) is 124 Å². The summed E-state index contributed by atoms with van der Waals surface area (Å²) in [6.45, 7) is 0.606. The number of anilines is 2. The Balaban J connectivity index is 1.48. The first-order chi connectivity index (χ1) is 17.1. The second-order valence-corrected chi connectivity index (χ2v) is 8.05. The lowest BCUT2D eigenvalue weighted by Crippen LogP contribution is -2.22. The van der Waals surface area contributed by atoms with Crippen LogP contribution in [0.15, 0.2) is 102 Å². The third-order valence-corrected chi connectivity index (χ3v) is 5.74. The molecule has 2 N–H and O–H groups in total. The van der Waals surface area contributed by atoms with Crippen LogP contribution in [0.2, 0.25) is 0 Å². The quantitative estimate of drug-likeness (QED) is 0.215. The summed E-state index contributed by atoms with van der Waals surface area (Å²) in [6, 6.07) is 27.2. The number of hydrogen-bond donors (Lipinski definition) is 2. The zero-order valence-electron chi connectivity index (χ0n) is 18.6. The molecule has 35 heavy (non-hydrogen) atoms. The van der Waals surface area contributed by atoms with E-state index in [-0.39, 0.29) is 11.6 Å². The van der Waals surface area contributed by atoms with E-state index in [0.29, 0.717) is 29.2 Å². The van der Waals surface area contributed by atoms with Crippen molar-refractivity contribution in [3.8, 4) is 0 Å². The molecule has 2 heterocycles. The third-order valence-electron chi connectivity index (χ3n) is 5.74. The molecule has 5 rings (SSSR count). The van der Waals surface area contributed by atoms with Gasteiger partial charge in [0.05, 0.1) is 16.3 Å². The second-order valence-electron chi connectivity index (χ2n) is 8.05. The number of benzene rings is 3. The number of nitro benzene ring substituents is 1. The lowest BCUT2D eigenvalue weighted by molar-refractivity contribution is -0.384. The summed E-state index contributed by atoms with van der Waals surface area (Å²) < 4.78 is 0. The fraction of sp³-hybridized carbons (Fsp3) is 0.0741. The smallest absolute Gasteiger partial charge is 0.269 e. The summed E-state index contributed by atoms with van der Waals surface area (Å²) in [7, 11) is 0. The monoisotopic (exact) mass is 463 g/mol. The zero-order valence-corrected chi connectivity index (χ0v) is 18.6. The van der Waals surface area contributed by atoms with Gasteiger partial charge in [-0.1, -0.05) is 48.5 Å². The number of aliphatic imine (C=N–C) groups is 1. The number of aromatic nitrogens is 1. The maximum Gasteiger partial charge on any atom is 0.269 e. The predicted molar refractivity (Wildman–Crippen MR) is 135 cm³/mol. The fourth-order valence-corrected chi connectivity index (χ4v) is 4.03. The summed E-state index contributed by atoms with van der Waals surface area (Å²) >= 11 is 0. The molecule has 0 saturated carbocycles. The lowest BCUT2D eigenvalue weighted by Gasteiger charge is -2.14. The van der Waals surface area contributed by atoms with Gasteiger partial charge in [-0.15, -0.1) is 0 Å². The molecule has 8 heteroatoms. The van der Waals surface area contributed by atoms with E-state index >= 15 is 0 Å². The van der Waals surface area contributed by atoms with Crippen molar-refractivity contribution in [2.75, 3.05) is 10.6 Å². The van der Waals surface area contributed by atoms with Gasteiger partial charge in [0.25, 0.3) is 5.69 Å². The van der Waals surface area contributed by atoms with Crippen LogP contribution in [0.1, 0.15) is 22.6 Å². The molecular formula is C27H21N5O3. The van der Waals surface area contributed by atoms with Crippen molar-refractivity contribution in [1.29, 1.82) is 0 Å². The Morgan fingerprint density at radius 1 is 1.00 bits per heavy atom. The second kappa shape index (κ2) is 9.56. The molecule has 0 fully saturated rings. The van der Waals surface area contributed by atoms with Gasteiger partial charge in [-0.05, 0) is 41.5 Å². The van der Waals surface area contributed by atoms with Crippen LogP contribution in [0.5, 0.6) is 0 Å². The maximum absolute atomic E-state index is 13.0. The number of non-ortho nitro benzene ring substituents is 1. The molecule has 1 aromatic heterocycles. The van der Waals surface area contributed by atoms with Crippen LogP contribution < -0.4 is 10.6 Å². The number of amides is 1. The lowest BCUT2D eigenvalue weighted by atomic mass is 9.90. The van der Waals surface area contributed by atoms with E-state index in [1.165, 1.54) is 12.1 Å². The van der Waals surface area contributed by atoms with Crippen molar-refractivity contribution in [2.24, 2.45) is 4.99 Å². The van der Waals surface area contributed by atoms with E-state index in [2.05, 4.69) is 15.6 Å². The van der Waals surface area contributed by atoms with Gasteiger partial charge in [-0.3, -0.25) is 19.9 Å². The summed E-state index contributed by atoms with van der Waals surface area (Å²) in [5, 5.41) is 17.5. The molecule has 1 amide bonds. The molecule has 4 aromatic rings. The molecule has 1 unspecified atom stereocenters. The van der Waals surface area contributed by atoms with Gasteiger partial charge in [0, 0.05) is 36.1 Å². The van der Waals surface area contributed by atoms with Crippen LogP contribution in [0.3, 0.4) is 0 Å². The summed E-state index contributed by atoms with van der Waals surface area (Å²) in [5.41, 5.74) is 4.07. The topological polar surface area (TPSA) is 110 Å². The number of nitrogens with one attached hydrogen (secondary N) is 2. The van der Waals surface area contributed by atoms with Gasteiger partial charge in [0.15, 0.2) is 0 Å². The van der Waals surface area contributed by atoms with Crippen LogP contribution in [-0.4, -0.2) is 21.5 Å². The summed E-state index contributed by atoms with van der Waals surface area (Å²) in [4.78, 5) is 33.0. The highest BCUT2D eigenvalue weighted by Gasteiger charge is 2.36. The predicted octanol–water partition coefficient (Wildman–Crippen LogP) is 5.46. The van der Waals surface area contributed by atoms with Crippen LogP contribution in [-0.2, 0) is 11.3 Å². The average Bonchev–Trinajstić information content (AvgIpc) is 3.22. The highest BCUT2D eigenvalue weighted by Crippen LogP contribution is 2.38. The van der Waals surface area contributed by atoms with E-state index in [9.17, 15) is 14.9 Å². The molecule has 1 atom stereocenters. The van der Waals surface area contributed by atoms with Crippen LogP contribution in [0, 0.1) is 10.1 Å². The van der Waals surface area contributed by atoms with E-state index < -0.39 is 10.8 Å². The Bertz CT molecular complexity index is 1400. The SMILES string of the molecule is O=C1Nc2ccc([N+](=O)[O-])cc2C1C(=Nc1ccc(CNc2ccccn2)cc1)c1ccccc1. The fourth-order valence-electron chi connectivity index (χ4n) is 4.03. The number of carbonyl (C=O) groups is 1. The molecular weight excluding hydrogens is 442 g/mol. The van der Waals surface area contributed by atoms with Gasteiger partial charge in [-0.2, -0.15) is 0 Å². The largest absolute Gasteiger partial charge is 0.366 e. The zero-order chi connectivity index (χ0) is 24.2. The van der Waals surface area contributed by atoms with Gasteiger partial charge in [0.1, 0.15) is 11.7 Å². The van der Waals surface area contributed by atoms with E-state index in [1.54, 1.807) is 12.3 Å². The molecule has 1 aliphatic heterocycles. The van der Waals surface area contributed by atoms with Crippen molar-refractivity contribution in [2.45, 2.75) is 12.5 Å². The van der Waals surface area contributed by atoms with Crippen molar-refractivity contribution < 1.29 is 9.72 Å². The van der Waals surface area contributed by atoms with Gasteiger partial charge in [0.2, 0.25) is 5.91 Å². The first-order valence-corrected chi connectivity index (χ1v) is 11.1. The highest BCUT2D eigenvalue weighted by molar-refractivity contribution is 6.24. The minimum atomic E-state index is -0.766. The number of carbonyl (C=O) groups excluding carboxylic acids is 1. The number of fused-ring (bicyclic) bond motifs is 1. The average molecular weight is 463 g/mol. The molecule has 0 spiro atoms.